The van der Waals surface area contributed by atoms with Crippen molar-refractivity contribution < 1.29 is 0 Å². The Hall–Kier alpha value is -5.71. The van der Waals surface area contributed by atoms with Crippen molar-refractivity contribution in [3.63, 3.8) is 0 Å². The van der Waals surface area contributed by atoms with Crippen LogP contribution >= 0.6 is 11.3 Å². The number of nitrogens with zero attached hydrogens (tertiary/aromatic N) is 3. The molecule has 0 saturated heterocycles. The van der Waals surface area contributed by atoms with E-state index in [0.29, 0.717) is 35.2 Å². The SMILES string of the molecule is CCC1C[C@@H]2C=C1C1(c3ccccc3-c3ccc(-c4cccc(-c5nc(-c6ccccc6)nc(-c6ccc7c(c6)sc6ccccc67)n5)c4)cc31)C(C)C2. The molecule has 0 fully saturated rings. The van der Waals surface area contributed by atoms with Gasteiger partial charge in [-0.2, -0.15) is 0 Å². The minimum Gasteiger partial charge on any atom is -0.208 e. The highest BCUT2D eigenvalue weighted by molar-refractivity contribution is 7.25. The summed E-state index contributed by atoms with van der Waals surface area (Å²) >= 11 is 1.81. The molecule has 2 aromatic heterocycles. The summed E-state index contributed by atoms with van der Waals surface area (Å²) in [6.45, 7) is 4.89. The van der Waals surface area contributed by atoms with E-state index >= 15 is 0 Å². The van der Waals surface area contributed by atoms with E-state index < -0.39 is 0 Å². The quantitative estimate of drug-likeness (QED) is 0.167. The maximum absolute atomic E-state index is 5.18. The number of hydrogen-bond donors (Lipinski definition) is 0. The molecule has 3 nitrogen and oxygen atoms in total. The highest BCUT2D eigenvalue weighted by Gasteiger charge is 2.55. The summed E-state index contributed by atoms with van der Waals surface area (Å²) in [5.41, 5.74) is 12.7. The van der Waals surface area contributed by atoms with Gasteiger partial charge < -0.3 is 0 Å². The van der Waals surface area contributed by atoms with Gasteiger partial charge in [0.15, 0.2) is 17.5 Å². The van der Waals surface area contributed by atoms with Crippen molar-refractivity contribution in [3.8, 4) is 56.4 Å². The Labute approximate surface area is 320 Å². The van der Waals surface area contributed by atoms with E-state index in [1.807, 2.05) is 29.5 Å². The van der Waals surface area contributed by atoms with Crippen LogP contribution in [0.1, 0.15) is 44.2 Å². The van der Waals surface area contributed by atoms with Crippen LogP contribution in [-0.4, -0.2) is 15.0 Å². The molecule has 3 aliphatic carbocycles. The molecule has 4 atom stereocenters. The van der Waals surface area contributed by atoms with Crippen molar-refractivity contribution in [2.24, 2.45) is 17.8 Å². The molecule has 2 heterocycles. The fourth-order valence-electron chi connectivity index (χ4n) is 10.3. The lowest BCUT2D eigenvalue weighted by Gasteiger charge is -2.43. The van der Waals surface area contributed by atoms with Crippen LogP contribution in [0.4, 0.5) is 0 Å². The van der Waals surface area contributed by atoms with Gasteiger partial charge in [-0.1, -0.05) is 141 Å². The van der Waals surface area contributed by atoms with Crippen molar-refractivity contribution in [3.05, 3.63) is 162 Å². The number of fused-ring (bicyclic) bond motifs is 10. The molecule has 6 aromatic carbocycles. The Morgan fingerprint density at radius 2 is 1.20 bits per heavy atom. The van der Waals surface area contributed by atoms with Crippen molar-refractivity contribution in [1.82, 2.24) is 15.0 Å². The molecule has 1 spiro atoms. The van der Waals surface area contributed by atoms with Crippen molar-refractivity contribution >= 4 is 31.5 Å². The lowest BCUT2D eigenvalue weighted by atomic mass is 9.59. The largest absolute Gasteiger partial charge is 0.208 e. The molecule has 0 saturated carbocycles. The van der Waals surface area contributed by atoms with E-state index in [2.05, 4.69) is 141 Å². The number of hydrogen-bond acceptors (Lipinski definition) is 4. The molecule has 11 rings (SSSR count). The maximum atomic E-state index is 5.18. The van der Waals surface area contributed by atoms with Crippen molar-refractivity contribution in [2.45, 2.75) is 38.5 Å². The predicted molar refractivity (Wildman–Crippen MR) is 224 cm³/mol. The summed E-state index contributed by atoms with van der Waals surface area (Å²) in [7, 11) is 0. The molecule has 260 valence electrons. The van der Waals surface area contributed by atoms with E-state index in [1.54, 1.807) is 5.57 Å². The van der Waals surface area contributed by atoms with E-state index in [1.165, 1.54) is 72.8 Å². The Morgan fingerprint density at radius 1 is 0.556 bits per heavy atom. The van der Waals surface area contributed by atoms with Crippen molar-refractivity contribution in [2.75, 3.05) is 0 Å². The van der Waals surface area contributed by atoms with Gasteiger partial charge in [0.1, 0.15) is 0 Å². The first-order chi connectivity index (χ1) is 26.6. The van der Waals surface area contributed by atoms with E-state index in [4.69, 9.17) is 15.0 Å². The Balaban J connectivity index is 1.05. The van der Waals surface area contributed by atoms with Gasteiger partial charge in [0.25, 0.3) is 0 Å². The minimum atomic E-state index is -0.0730. The van der Waals surface area contributed by atoms with Gasteiger partial charge in [0.2, 0.25) is 0 Å². The number of aromatic nitrogens is 3. The molecular formula is C50H39N3S. The zero-order chi connectivity index (χ0) is 36.0. The zero-order valence-corrected chi connectivity index (χ0v) is 31.3. The van der Waals surface area contributed by atoms with Crippen LogP contribution < -0.4 is 0 Å². The van der Waals surface area contributed by atoms with E-state index in [-0.39, 0.29) is 5.41 Å². The van der Waals surface area contributed by atoms with Crippen LogP contribution in [0.5, 0.6) is 0 Å². The first-order valence-corrected chi connectivity index (χ1v) is 20.2. The average Bonchev–Trinajstić information content (AvgIpc) is 3.88. The molecule has 8 aromatic rings. The fourth-order valence-corrected chi connectivity index (χ4v) is 11.4. The second kappa shape index (κ2) is 12.2. The monoisotopic (exact) mass is 713 g/mol. The highest BCUT2D eigenvalue weighted by atomic mass is 32.1. The van der Waals surface area contributed by atoms with Gasteiger partial charge in [-0.15, -0.1) is 11.3 Å². The number of benzene rings is 6. The molecule has 3 unspecified atom stereocenters. The summed E-state index contributed by atoms with van der Waals surface area (Å²) < 4.78 is 2.52. The first kappa shape index (κ1) is 31.8. The second-order valence-electron chi connectivity index (χ2n) is 15.5. The maximum Gasteiger partial charge on any atom is 0.164 e. The summed E-state index contributed by atoms with van der Waals surface area (Å²) in [4.78, 5) is 15.4. The Bertz CT molecular complexity index is 2810. The molecule has 54 heavy (non-hydrogen) atoms. The predicted octanol–water partition coefficient (Wildman–Crippen LogP) is 13.2. The van der Waals surface area contributed by atoms with Crippen LogP contribution in [0, 0.1) is 17.8 Å². The molecule has 0 aliphatic heterocycles. The standard InChI is InChI=1S/C50H39N3S/c1-3-32-25-31-24-30(2)50(43(32)26-31)42-18-9-7-16-38(42)39-22-20-35(28-44(39)50)34-14-11-15-36(27-34)48-51-47(33-12-5-4-6-13-33)52-49(53-48)37-21-23-41-40-17-8-10-19-45(40)54-46(41)29-37/h4-23,26-32H,3,24-25H2,1-2H3/t30?,31-,32?,50?/m1/s1. The average molecular weight is 714 g/mol. The molecule has 2 bridgehead atoms. The van der Waals surface area contributed by atoms with Gasteiger partial charge in [-0.05, 0) is 94.7 Å². The molecule has 0 amide bonds. The van der Waals surface area contributed by atoms with Crippen LogP contribution in [-0.2, 0) is 5.41 Å². The first-order valence-electron chi connectivity index (χ1n) is 19.4. The van der Waals surface area contributed by atoms with Crippen molar-refractivity contribution in [1.29, 1.82) is 0 Å². The minimum absolute atomic E-state index is 0.0730. The van der Waals surface area contributed by atoms with Crippen LogP contribution in [0.15, 0.2) is 151 Å². The number of allylic oxidation sites excluding steroid dienone is 2. The lowest BCUT2D eigenvalue weighted by Crippen LogP contribution is -2.38. The highest BCUT2D eigenvalue weighted by Crippen LogP contribution is 2.64. The summed E-state index contributed by atoms with van der Waals surface area (Å²) in [6, 6.07) is 50.7. The topological polar surface area (TPSA) is 38.7 Å². The van der Waals surface area contributed by atoms with E-state index in [0.717, 1.165) is 16.7 Å². The smallest absolute Gasteiger partial charge is 0.164 e. The number of thiophene rings is 1. The third-order valence-corrected chi connectivity index (χ3v) is 13.8. The summed E-state index contributed by atoms with van der Waals surface area (Å²) in [5, 5.41) is 2.55. The van der Waals surface area contributed by atoms with Crippen LogP contribution in [0.25, 0.3) is 76.6 Å². The van der Waals surface area contributed by atoms with Gasteiger partial charge in [0, 0.05) is 42.3 Å². The van der Waals surface area contributed by atoms with Crippen LogP contribution in [0.3, 0.4) is 0 Å². The second-order valence-corrected chi connectivity index (χ2v) is 16.6. The zero-order valence-electron chi connectivity index (χ0n) is 30.5. The number of rotatable bonds is 5. The van der Waals surface area contributed by atoms with Crippen LogP contribution in [0.2, 0.25) is 0 Å². The fraction of sp³-hybridized carbons (Fsp3) is 0.180. The summed E-state index contributed by atoms with van der Waals surface area (Å²) in [5.74, 6) is 3.92. The van der Waals surface area contributed by atoms with Gasteiger partial charge in [-0.3, -0.25) is 0 Å². The molecule has 4 heteroatoms. The normalized spacial score (nSPS) is 21.1. The summed E-state index contributed by atoms with van der Waals surface area (Å²) in [6.07, 6.45) is 6.42. The third-order valence-electron chi connectivity index (χ3n) is 12.6. The molecule has 0 N–H and O–H groups in total. The molecular weight excluding hydrogens is 675 g/mol. The van der Waals surface area contributed by atoms with Gasteiger partial charge in [-0.25, -0.2) is 15.0 Å². The van der Waals surface area contributed by atoms with E-state index in [9.17, 15) is 0 Å². The Morgan fingerprint density at radius 3 is 2.06 bits per heavy atom. The lowest BCUT2D eigenvalue weighted by molar-refractivity contribution is 0.338. The van der Waals surface area contributed by atoms with Gasteiger partial charge >= 0.3 is 0 Å². The molecule has 3 aliphatic rings. The third kappa shape index (κ3) is 4.69. The Kier molecular flexibility index (Phi) is 7.16. The van der Waals surface area contributed by atoms with Gasteiger partial charge in [0.05, 0.1) is 0 Å². The molecule has 0 radical (unpaired) electrons.